The molecule has 1 aromatic heterocycles. The molecule has 1 amide bonds. The van der Waals surface area contributed by atoms with Crippen LogP contribution in [0.15, 0.2) is 35.6 Å². The number of hydrogen-bond donors (Lipinski definition) is 0. The van der Waals surface area contributed by atoms with Crippen molar-refractivity contribution in [3.8, 4) is 0 Å². The maximum absolute atomic E-state index is 13.6. The predicted octanol–water partition coefficient (Wildman–Crippen LogP) is 4.17. The Balaban J connectivity index is 1.14. The second kappa shape index (κ2) is 5.74. The number of halogens is 2. The molecule has 7 heteroatoms. The van der Waals surface area contributed by atoms with Crippen molar-refractivity contribution in [2.24, 2.45) is 15.9 Å². The zero-order valence-electron chi connectivity index (χ0n) is 16.0. The van der Waals surface area contributed by atoms with Crippen LogP contribution >= 0.6 is 0 Å². The molecular formula is C22H22F2N4O. The summed E-state index contributed by atoms with van der Waals surface area (Å²) in [5, 5.41) is 10.4. The Hall–Kier alpha value is -2.57. The first-order valence-electron chi connectivity index (χ1n) is 10.3. The van der Waals surface area contributed by atoms with E-state index in [-0.39, 0.29) is 16.7 Å². The minimum atomic E-state index is -0.631. The molecule has 2 aromatic rings. The van der Waals surface area contributed by atoms with Gasteiger partial charge >= 0.3 is 0 Å². The highest BCUT2D eigenvalue weighted by atomic mass is 19.1. The van der Waals surface area contributed by atoms with Gasteiger partial charge in [0.15, 0.2) is 0 Å². The van der Waals surface area contributed by atoms with Crippen molar-refractivity contribution >= 4 is 12.1 Å². The van der Waals surface area contributed by atoms with E-state index in [1.807, 2.05) is 4.68 Å². The Morgan fingerprint density at radius 3 is 2.55 bits per heavy atom. The van der Waals surface area contributed by atoms with Crippen molar-refractivity contribution in [1.82, 2.24) is 14.8 Å². The van der Waals surface area contributed by atoms with Gasteiger partial charge in [-0.3, -0.25) is 9.48 Å². The van der Waals surface area contributed by atoms with Crippen LogP contribution in [0, 0.1) is 22.5 Å². The summed E-state index contributed by atoms with van der Waals surface area (Å²) in [6, 6.07) is 5.12. The third kappa shape index (κ3) is 2.66. The van der Waals surface area contributed by atoms with Gasteiger partial charge in [0.05, 0.1) is 17.2 Å². The molecule has 7 rings (SSSR count). The van der Waals surface area contributed by atoms with E-state index in [4.69, 9.17) is 5.10 Å². The molecule has 5 nitrogen and oxygen atoms in total. The number of hydrogen-bond acceptors (Lipinski definition) is 3. The summed E-state index contributed by atoms with van der Waals surface area (Å²) in [5.41, 5.74) is 1.45. The van der Waals surface area contributed by atoms with Gasteiger partial charge in [0.1, 0.15) is 11.6 Å². The minimum absolute atomic E-state index is 0.0121. The fraction of sp³-hybridized carbons (Fsp3) is 0.500. The first kappa shape index (κ1) is 17.3. The molecule has 0 spiro atoms. The van der Waals surface area contributed by atoms with Gasteiger partial charge < -0.3 is 0 Å². The van der Waals surface area contributed by atoms with E-state index in [2.05, 4.69) is 17.4 Å². The zero-order valence-corrected chi connectivity index (χ0v) is 16.0. The molecule has 2 heterocycles. The molecule has 1 aliphatic heterocycles. The average molecular weight is 396 g/mol. The summed E-state index contributed by atoms with van der Waals surface area (Å²) >= 11 is 0. The molecule has 150 valence electrons. The molecule has 0 saturated heterocycles. The van der Waals surface area contributed by atoms with E-state index in [0.717, 1.165) is 31.9 Å². The van der Waals surface area contributed by atoms with Crippen molar-refractivity contribution < 1.29 is 13.6 Å². The van der Waals surface area contributed by atoms with Crippen LogP contribution in [0.5, 0.6) is 0 Å². The lowest BCUT2D eigenvalue weighted by molar-refractivity contribution is -0.223. The molecule has 1 aromatic carbocycles. The van der Waals surface area contributed by atoms with E-state index in [1.54, 1.807) is 6.21 Å². The van der Waals surface area contributed by atoms with Crippen molar-refractivity contribution in [3.05, 3.63) is 53.4 Å². The number of nitrogens with zero attached hydrogens (tertiary/aromatic N) is 4. The topological polar surface area (TPSA) is 50.5 Å². The Labute approximate surface area is 167 Å². The van der Waals surface area contributed by atoms with Gasteiger partial charge in [0.25, 0.3) is 0 Å². The van der Waals surface area contributed by atoms with E-state index < -0.39 is 17.7 Å². The summed E-state index contributed by atoms with van der Waals surface area (Å²) in [6.45, 7) is 0.858. The van der Waals surface area contributed by atoms with Gasteiger partial charge in [-0.15, -0.1) is 0 Å². The molecule has 4 saturated carbocycles. The van der Waals surface area contributed by atoms with Crippen LogP contribution in [0.2, 0.25) is 0 Å². The molecule has 29 heavy (non-hydrogen) atoms. The number of hydrazone groups is 1. The summed E-state index contributed by atoms with van der Waals surface area (Å²) in [4.78, 5) is 13.2. The Bertz CT molecular complexity index is 1000. The molecule has 0 N–H and O–H groups in total. The zero-order chi connectivity index (χ0) is 19.8. The highest BCUT2D eigenvalue weighted by Crippen LogP contribution is 2.74. The van der Waals surface area contributed by atoms with Crippen LogP contribution in [-0.2, 0) is 11.3 Å². The minimum Gasteiger partial charge on any atom is -0.272 e. The van der Waals surface area contributed by atoms with Crippen LogP contribution in [-0.4, -0.2) is 26.9 Å². The van der Waals surface area contributed by atoms with Crippen molar-refractivity contribution in [2.75, 3.05) is 0 Å². The quantitative estimate of drug-likeness (QED) is 0.762. The first-order chi connectivity index (χ1) is 14.0. The fourth-order valence-corrected chi connectivity index (χ4v) is 5.70. The third-order valence-electron chi connectivity index (χ3n) is 7.06. The van der Waals surface area contributed by atoms with Gasteiger partial charge in [-0.2, -0.15) is 10.2 Å². The smallest absolute Gasteiger partial charge is 0.249 e. The molecule has 5 aliphatic rings. The number of amides is 1. The van der Waals surface area contributed by atoms with E-state index in [9.17, 15) is 13.6 Å². The fourth-order valence-electron chi connectivity index (χ4n) is 5.70. The van der Waals surface area contributed by atoms with Crippen molar-refractivity contribution in [3.63, 3.8) is 0 Å². The summed E-state index contributed by atoms with van der Waals surface area (Å²) in [5.74, 6) is -0.626. The first-order valence-corrected chi connectivity index (χ1v) is 10.3. The highest BCUT2D eigenvalue weighted by molar-refractivity contribution is 5.88. The summed E-state index contributed by atoms with van der Waals surface area (Å²) in [6.07, 6.45) is 9.21. The van der Waals surface area contributed by atoms with E-state index in [1.165, 1.54) is 35.7 Å². The van der Waals surface area contributed by atoms with Crippen molar-refractivity contribution in [2.45, 2.75) is 57.0 Å². The van der Waals surface area contributed by atoms with E-state index in [0.29, 0.717) is 17.9 Å². The van der Waals surface area contributed by atoms with Crippen LogP contribution in [0.1, 0.15) is 61.7 Å². The third-order valence-corrected chi connectivity index (χ3v) is 7.06. The number of benzene rings is 1. The predicted molar refractivity (Wildman–Crippen MR) is 102 cm³/mol. The normalized spacial score (nSPS) is 32.2. The van der Waals surface area contributed by atoms with Gasteiger partial charge in [-0.1, -0.05) is 0 Å². The van der Waals surface area contributed by atoms with Crippen LogP contribution in [0.4, 0.5) is 8.78 Å². The lowest BCUT2D eigenvalue weighted by Gasteiger charge is -2.69. The maximum Gasteiger partial charge on any atom is 0.249 e. The second-order valence-corrected chi connectivity index (χ2v) is 9.43. The Morgan fingerprint density at radius 1 is 1.14 bits per heavy atom. The molecular weight excluding hydrogens is 374 g/mol. The Kier molecular flexibility index (Phi) is 3.42. The Morgan fingerprint density at radius 2 is 1.86 bits per heavy atom. The molecule has 2 bridgehead atoms. The molecule has 0 radical (unpaired) electrons. The standard InChI is InChI=1S/C22H22F2N4O/c23-16-7-15(8-17(24)9-16)19-3-5-25-28(19)20(29)22-10-21(11-22,12-22)13-27-6-4-18(26-27)14-1-2-14/h4-9,14,19H,1-3,10-13H2. The van der Waals surface area contributed by atoms with Crippen LogP contribution in [0.3, 0.4) is 0 Å². The molecule has 4 aliphatic carbocycles. The monoisotopic (exact) mass is 396 g/mol. The summed E-state index contributed by atoms with van der Waals surface area (Å²) in [7, 11) is 0. The lowest BCUT2D eigenvalue weighted by atomic mass is 9.34. The van der Waals surface area contributed by atoms with Crippen molar-refractivity contribution in [1.29, 1.82) is 0 Å². The highest BCUT2D eigenvalue weighted by Gasteiger charge is 2.72. The molecule has 4 fully saturated rings. The van der Waals surface area contributed by atoms with Gasteiger partial charge in [0, 0.05) is 37.4 Å². The SMILES string of the molecule is O=C(N1N=CCC1c1cc(F)cc(F)c1)C12CC(Cn3ccc(C4CC4)n3)(C1)C2. The van der Waals surface area contributed by atoms with Crippen LogP contribution < -0.4 is 0 Å². The number of carbonyl (C=O) groups excluding carboxylic acids is 1. The number of rotatable bonds is 5. The van der Waals surface area contributed by atoms with E-state index >= 15 is 0 Å². The second-order valence-electron chi connectivity index (χ2n) is 9.43. The van der Waals surface area contributed by atoms with Gasteiger partial charge in [-0.25, -0.2) is 13.8 Å². The number of carbonyl (C=O) groups is 1. The summed E-state index contributed by atoms with van der Waals surface area (Å²) < 4.78 is 29.3. The largest absolute Gasteiger partial charge is 0.272 e. The number of aromatic nitrogens is 2. The van der Waals surface area contributed by atoms with Crippen LogP contribution in [0.25, 0.3) is 0 Å². The van der Waals surface area contributed by atoms with Gasteiger partial charge in [-0.05, 0) is 61.3 Å². The molecule has 1 atom stereocenters. The maximum atomic E-state index is 13.6. The average Bonchev–Trinajstić information content (AvgIpc) is 3.16. The van der Waals surface area contributed by atoms with Gasteiger partial charge in [0.2, 0.25) is 5.91 Å². The molecule has 1 unspecified atom stereocenters. The lowest BCUT2D eigenvalue weighted by Crippen LogP contribution is -2.68.